The van der Waals surface area contributed by atoms with Crippen molar-refractivity contribution in [2.45, 2.75) is 38.0 Å². The number of rotatable bonds is 10. The number of aliphatic imine (C=N–C) groups is 1. The number of aromatic amines is 1. The molecule has 1 amide bonds. The maximum Gasteiger partial charge on any atom is 0.414 e. The van der Waals surface area contributed by atoms with Gasteiger partial charge in [-0.05, 0) is 19.9 Å². The van der Waals surface area contributed by atoms with Crippen LogP contribution in [0.3, 0.4) is 0 Å². The first kappa shape index (κ1) is 28.8. The van der Waals surface area contributed by atoms with Gasteiger partial charge in [0.15, 0.2) is 11.6 Å². The Hall–Kier alpha value is -3.79. The summed E-state index contributed by atoms with van der Waals surface area (Å²) in [5.41, 5.74) is -2.29. The summed E-state index contributed by atoms with van der Waals surface area (Å²) in [6.45, 7) is 1.70. The van der Waals surface area contributed by atoms with Crippen LogP contribution in [0.25, 0.3) is 0 Å². The molecule has 5 N–H and O–H groups in total. The van der Waals surface area contributed by atoms with Crippen LogP contribution >= 0.6 is 11.8 Å². The molecule has 0 spiro atoms. The van der Waals surface area contributed by atoms with Crippen molar-refractivity contribution in [1.29, 1.82) is 0 Å². The van der Waals surface area contributed by atoms with Crippen molar-refractivity contribution in [3.05, 3.63) is 55.5 Å². The molecule has 38 heavy (non-hydrogen) atoms. The molecule has 206 valence electrons. The molecule has 0 saturated carbocycles. The number of thioether (sulfide) groups is 1. The van der Waals surface area contributed by atoms with Crippen LogP contribution < -0.4 is 32.5 Å². The van der Waals surface area contributed by atoms with E-state index in [1.54, 1.807) is 12.3 Å². The fraction of sp³-hybridized carbons (Fsp3) is 0.409. The number of halogens is 3. The number of ketones is 1. The Morgan fingerprint density at radius 2 is 2.05 bits per heavy atom. The Labute approximate surface area is 218 Å². The molecule has 3 heterocycles. The zero-order chi connectivity index (χ0) is 28.0. The van der Waals surface area contributed by atoms with Crippen molar-refractivity contribution < 1.29 is 27.5 Å². The Kier molecular flexibility index (Phi) is 9.22. The number of methoxy groups -OCH3 is 1. The largest absolute Gasteiger partial charge is 0.414 e. The lowest BCUT2D eigenvalue weighted by atomic mass is 10.0. The van der Waals surface area contributed by atoms with Gasteiger partial charge in [-0.25, -0.2) is 9.79 Å². The molecule has 2 aliphatic heterocycles. The molecule has 2 aliphatic rings. The van der Waals surface area contributed by atoms with E-state index in [4.69, 9.17) is 4.74 Å². The van der Waals surface area contributed by atoms with Crippen molar-refractivity contribution in [1.82, 2.24) is 25.5 Å². The van der Waals surface area contributed by atoms with Crippen molar-refractivity contribution in [2.75, 3.05) is 25.6 Å². The van der Waals surface area contributed by atoms with E-state index in [2.05, 4.69) is 31.2 Å². The van der Waals surface area contributed by atoms with Gasteiger partial charge < -0.3 is 26.0 Å². The molecule has 2 atom stereocenters. The van der Waals surface area contributed by atoms with Gasteiger partial charge in [-0.2, -0.15) is 13.2 Å². The maximum absolute atomic E-state index is 13.3. The summed E-state index contributed by atoms with van der Waals surface area (Å²) in [5.74, 6) is -0.987. The van der Waals surface area contributed by atoms with Crippen LogP contribution in [0.1, 0.15) is 13.8 Å². The number of hydrogen-bond acceptors (Lipinski definition) is 10. The fourth-order valence-corrected chi connectivity index (χ4v) is 4.43. The highest BCUT2D eigenvalue weighted by molar-refractivity contribution is 8.03. The summed E-state index contributed by atoms with van der Waals surface area (Å²) in [7, 11) is 1.30. The molecule has 1 aromatic heterocycles. The van der Waals surface area contributed by atoms with E-state index in [9.17, 15) is 32.3 Å². The number of carbonyl (C=O) groups excluding carboxylic acids is 2. The van der Waals surface area contributed by atoms with E-state index in [0.717, 1.165) is 6.08 Å². The number of aromatic nitrogens is 2. The SMILES string of the molecule is C/C=N\c1[nH]c(=O)n(CC(=O)COC)c(=O)c1NCC(=O)NC1=CSC(C2=CN[C@H](C)C(C(F)(F)F)=C2)N1. The molecule has 1 aromatic rings. The lowest BCUT2D eigenvalue weighted by Gasteiger charge is -2.26. The molecule has 3 rings (SSSR count). The van der Waals surface area contributed by atoms with Gasteiger partial charge in [0.25, 0.3) is 5.56 Å². The molecule has 0 aromatic carbocycles. The molecule has 0 fully saturated rings. The van der Waals surface area contributed by atoms with Crippen molar-refractivity contribution >= 4 is 41.2 Å². The highest BCUT2D eigenvalue weighted by Crippen LogP contribution is 2.34. The molecule has 16 heteroatoms. The van der Waals surface area contributed by atoms with Gasteiger partial charge in [0, 0.05) is 30.5 Å². The second-order valence-electron chi connectivity index (χ2n) is 8.13. The predicted octanol–water partition coefficient (Wildman–Crippen LogP) is 0.828. The van der Waals surface area contributed by atoms with Gasteiger partial charge in [0.2, 0.25) is 5.91 Å². The van der Waals surface area contributed by atoms with E-state index >= 15 is 0 Å². The smallest absolute Gasteiger partial charge is 0.384 e. The van der Waals surface area contributed by atoms with Crippen LogP contribution in [0.15, 0.2) is 49.2 Å². The molecular formula is C22H26F3N7O5S. The predicted molar refractivity (Wildman–Crippen MR) is 136 cm³/mol. The average molecular weight is 558 g/mol. The van der Waals surface area contributed by atoms with E-state index in [-0.39, 0.29) is 23.9 Å². The van der Waals surface area contributed by atoms with E-state index in [1.165, 1.54) is 38.2 Å². The number of alkyl halides is 3. The molecule has 12 nitrogen and oxygen atoms in total. The maximum atomic E-state index is 13.3. The summed E-state index contributed by atoms with van der Waals surface area (Å²) in [5, 5.41) is 11.8. The second-order valence-corrected chi connectivity index (χ2v) is 9.11. The van der Waals surface area contributed by atoms with Crippen molar-refractivity contribution in [2.24, 2.45) is 4.99 Å². The van der Waals surface area contributed by atoms with Gasteiger partial charge in [0.1, 0.15) is 23.5 Å². The number of anilines is 1. The number of hydrogen-bond donors (Lipinski definition) is 5. The third-order valence-corrected chi connectivity index (χ3v) is 6.33. The quantitative estimate of drug-likeness (QED) is 0.263. The first-order valence-corrected chi connectivity index (χ1v) is 12.2. The van der Waals surface area contributed by atoms with Gasteiger partial charge in [-0.1, -0.05) is 0 Å². The third kappa shape index (κ3) is 6.95. The van der Waals surface area contributed by atoms with Crippen LogP contribution in [0.5, 0.6) is 0 Å². The number of amides is 1. The van der Waals surface area contributed by atoms with Crippen LogP contribution in [-0.2, 0) is 20.9 Å². The number of nitrogens with one attached hydrogen (secondary N) is 5. The summed E-state index contributed by atoms with van der Waals surface area (Å²) < 4.78 is 45.2. The number of dihydropyridines is 1. The zero-order valence-electron chi connectivity index (χ0n) is 20.6. The molecule has 1 unspecified atom stereocenters. The van der Waals surface area contributed by atoms with Crippen LogP contribution in [0, 0.1) is 0 Å². The van der Waals surface area contributed by atoms with Crippen LogP contribution in [0.4, 0.5) is 24.7 Å². The Morgan fingerprint density at radius 3 is 2.71 bits per heavy atom. The normalized spacial score (nSPS) is 19.3. The van der Waals surface area contributed by atoms with Crippen molar-refractivity contribution in [3.63, 3.8) is 0 Å². The van der Waals surface area contributed by atoms with Crippen molar-refractivity contribution in [3.8, 4) is 0 Å². The molecule has 0 aliphatic carbocycles. The monoisotopic (exact) mass is 557 g/mol. The van der Waals surface area contributed by atoms with Gasteiger partial charge in [-0.3, -0.25) is 23.9 Å². The van der Waals surface area contributed by atoms with E-state index in [0.29, 0.717) is 10.1 Å². The summed E-state index contributed by atoms with van der Waals surface area (Å²) in [4.78, 5) is 55.9. The van der Waals surface area contributed by atoms with E-state index < -0.39 is 59.2 Å². The third-order valence-electron chi connectivity index (χ3n) is 5.29. The molecular weight excluding hydrogens is 531 g/mol. The molecule has 0 bridgehead atoms. The minimum absolute atomic E-state index is 0.127. The lowest BCUT2D eigenvalue weighted by Crippen LogP contribution is -2.41. The molecule has 0 saturated heterocycles. The number of ether oxygens (including phenoxy) is 1. The summed E-state index contributed by atoms with van der Waals surface area (Å²) in [6.07, 6.45) is -0.599. The Morgan fingerprint density at radius 1 is 1.32 bits per heavy atom. The Bertz CT molecular complexity index is 1330. The first-order valence-electron chi connectivity index (χ1n) is 11.2. The number of Topliss-reactive ketones (excluding diaryl/α,β-unsaturated/α-hetero) is 1. The standard InChI is InChI=1S/C22H26F3N7O5S/c1-4-26-18-17(20(35)32(21(36)31-18)8-13(33)9-37-3)28-7-16(34)29-15-10-38-19(30-15)12-5-14(22(23,24)25)11(2)27-6-12/h4-6,10-11,19,27-28,30H,7-9H2,1-3H3,(H,29,34)(H,31,36)/b26-4-/t11-,19?/m1/s1. The average Bonchev–Trinajstić information content (AvgIpc) is 3.29. The summed E-state index contributed by atoms with van der Waals surface area (Å²) in [6, 6.07) is -0.888. The number of nitrogens with zero attached hydrogens (tertiary/aromatic N) is 2. The second kappa shape index (κ2) is 12.2. The van der Waals surface area contributed by atoms with Crippen LogP contribution in [0.2, 0.25) is 0 Å². The lowest BCUT2D eigenvalue weighted by molar-refractivity contribution is -0.123. The minimum Gasteiger partial charge on any atom is -0.384 e. The van der Waals surface area contributed by atoms with Gasteiger partial charge in [-0.15, -0.1) is 11.8 Å². The summed E-state index contributed by atoms with van der Waals surface area (Å²) >= 11 is 1.17. The number of carbonyl (C=O) groups is 2. The topological polar surface area (TPSA) is 159 Å². The highest BCUT2D eigenvalue weighted by atomic mass is 32.2. The fourth-order valence-electron chi connectivity index (χ4n) is 3.54. The zero-order valence-corrected chi connectivity index (χ0v) is 21.4. The number of H-pyrrole nitrogens is 1. The van der Waals surface area contributed by atoms with Gasteiger partial charge in [0.05, 0.1) is 24.7 Å². The van der Waals surface area contributed by atoms with Crippen LogP contribution in [-0.4, -0.2) is 65.3 Å². The highest BCUT2D eigenvalue weighted by Gasteiger charge is 2.39. The van der Waals surface area contributed by atoms with E-state index in [1.807, 2.05) is 0 Å². The molecule has 0 radical (unpaired) electrons. The van der Waals surface area contributed by atoms with Gasteiger partial charge >= 0.3 is 11.9 Å². The first-order chi connectivity index (χ1) is 17.9. The Balaban J connectivity index is 1.66. The minimum atomic E-state index is -4.48.